The van der Waals surface area contributed by atoms with Crippen LogP contribution in [0, 0.1) is 0 Å². The molecule has 0 spiro atoms. The molecule has 0 aliphatic carbocycles. The van der Waals surface area contributed by atoms with Gasteiger partial charge in [-0.05, 0) is 19.1 Å². The number of ether oxygens (including phenoxy) is 4. The minimum absolute atomic E-state index is 0.325. The Morgan fingerprint density at radius 3 is 2.57 bits per heavy atom. The Morgan fingerprint density at radius 2 is 1.86 bits per heavy atom. The van der Waals surface area contributed by atoms with Crippen LogP contribution in [0.1, 0.15) is 23.0 Å². The van der Waals surface area contributed by atoms with Crippen molar-refractivity contribution in [3.63, 3.8) is 0 Å². The zero-order chi connectivity index (χ0) is 15.3. The maximum atomic E-state index is 11.6. The van der Waals surface area contributed by atoms with Crippen molar-refractivity contribution in [1.29, 1.82) is 0 Å². The maximum absolute atomic E-state index is 11.6. The molecule has 0 saturated carbocycles. The summed E-state index contributed by atoms with van der Waals surface area (Å²) in [5, 5.41) is 0. The Bertz CT molecular complexity index is 411. The van der Waals surface area contributed by atoms with Crippen molar-refractivity contribution in [2.24, 2.45) is 0 Å². The molecule has 1 aromatic rings. The van der Waals surface area contributed by atoms with Gasteiger partial charge in [0.15, 0.2) is 0 Å². The zero-order valence-corrected chi connectivity index (χ0v) is 12.7. The molecule has 1 aromatic heterocycles. The lowest BCUT2D eigenvalue weighted by atomic mass is 10.2. The number of methoxy groups -OCH3 is 1. The molecule has 0 radical (unpaired) electrons. The van der Waals surface area contributed by atoms with E-state index in [2.05, 4.69) is 4.98 Å². The molecular formula is C15H23NO5. The second kappa shape index (κ2) is 11.2. The summed E-state index contributed by atoms with van der Waals surface area (Å²) in [6, 6.07) is 3.38. The molecular weight excluding hydrogens is 274 g/mol. The van der Waals surface area contributed by atoms with Crippen LogP contribution in [0.25, 0.3) is 0 Å². The molecule has 0 aromatic carbocycles. The normalized spacial score (nSPS) is 10.6. The summed E-state index contributed by atoms with van der Waals surface area (Å²) in [6.45, 7) is 4.91. The van der Waals surface area contributed by atoms with Crippen molar-refractivity contribution >= 4 is 5.97 Å². The summed E-state index contributed by atoms with van der Waals surface area (Å²) in [5.74, 6) is -0.325. The van der Waals surface area contributed by atoms with Crippen molar-refractivity contribution in [3.8, 4) is 0 Å². The van der Waals surface area contributed by atoms with Gasteiger partial charge < -0.3 is 18.9 Å². The van der Waals surface area contributed by atoms with E-state index >= 15 is 0 Å². The third-order valence-electron chi connectivity index (χ3n) is 2.63. The van der Waals surface area contributed by atoms with E-state index in [1.54, 1.807) is 32.4 Å². The molecule has 118 valence electrons. The highest BCUT2D eigenvalue weighted by atomic mass is 16.5. The fraction of sp³-hybridized carbons (Fsp3) is 0.600. The number of carbonyl (C=O) groups is 1. The molecule has 0 unspecified atom stereocenters. The number of esters is 1. The van der Waals surface area contributed by atoms with E-state index in [-0.39, 0.29) is 5.97 Å². The molecule has 0 amide bonds. The van der Waals surface area contributed by atoms with Crippen molar-refractivity contribution in [1.82, 2.24) is 4.98 Å². The van der Waals surface area contributed by atoms with Crippen LogP contribution in [0.2, 0.25) is 0 Å². The standard InChI is InChI=1S/C15H23NO5/c1-3-21-15(17)13-4-6-16-14(12-13)5-7-19-10-11-20-9-8-18-2/h4,6,12H,3,5,7-11H2,1-2H3. The van der Waals surface area contributed by atoms with Crippen molar-refractivity contribution in [3.05, 3.63) is 29.6 Å². The SMILES string of the molecule is CCOC(=O)c1ccnc(CCOCCOCCOC)c1. The lowest BCUT2D eigenvalue weighted by molar-refractivity contribution is 0.0254. The van der Waals surface area contributed by atoms with E-state index in [4.69, 9.17) is 18.9 Å². The molecule has 0 fully saturated rings. The number of rotatable bonds is 11. The summed E-state index contributed by atoms with van der Waals surface area (Å²) in [5.41, 5.74) is 1.32. The Balaban J connectivity index is 2.20. The highest BCUT2D eigenvalue weighted by molar-refractivity contribution is 5.89. The summed E-state index contributed by atoms with van der Waals surface area (Å²) in [4.78, 5) is 15.8. The topological polar surface area (TPSA) is 66.9 Å². The fourth-order valence-electron chi connectivity index (χ4n) is 1.60. The van der Waals surface area contributed by atoms with Crippen LogP contribution in [-0.4, -0.2) is 57.7 Å². The summed E-state index contributed by atoms with van der Waals surface area (Å²) in [6.07, 6.45) is 2.25. The predicted molar refractivity (Wildman–Crippen MR) is 77.4 cm³/mol. The number of pyridine rings is 1. The molecule has 1 heterocycles. The summed E-state index contributed by atoms with van der Waals surface area (Å²) in [7, 11) is 1.64. The molecule has 0 atom stereocenters. The average molecular weight is 297 g/mol. The first-order chi connectivity index (χ1) is 10.3. The van der Waals surface area contributed by atoms with Gasteiger partial charge in [0.05, 0.1) is 45.2 Å². The van der Waals surface area contributed by atoms with Gasteiger partial charge in [-0.3, -0.25) is 4.98 Å². The number of aromatic nitrogens is 1. The van der Waals surface area contributed by atoms with E-state index in [0.717, 1.165) is 5.69 Å². The Hall–Kier alpha value is -1.50. The number of nitrogens with zero attached hydrogens (tertiary/aromatic N) is 1. The van der Waals surface area contributed by atoms with Gasteiger partial charge in [0.25, 0.3) is 0 Å². The van der Waals surface area contributed by atoms with E-state index < -0.39 is 0 Å². The van der Waals surface area contributed by atoms with Crippen LogP contribution in [0.4, 0.5) is 0 Å². The molecule has 6 heteroatoms. The number of carbonyl (C=O) groups excluding carboxylic acids is 1. The van der Waals surface area contributed by atoms with Gasteiger partial charge >= 0.3 is 5.97 Å². The Labute approximate surface area is 125 Å². The van der Waals surface area contributed by atoms with Crippen LogP contribution >= 0.6 is 0 Å². The third-order valence-corrected chi connectivity index (χ3v) is 2.63. The van der Waals surface area contributed by atoms with E-state index in [9.17, 15) is 4.79 Å². The van der Waals surface area contributed by atoms with E-state index in [0.29, 0.717) is 51.6 Å². The molecule has 0 aliphatic rings. The number of hydrogen-bond acceptors (Lipinski definition) is 6. The van der Waals surface area contributed by atoms with Gasteiger partial charge in [-0.15, -0.1) is 0 Å². The van der Waals surface area contributed by atoms with Gasteiger partial charge in [0, 0.05) is 25.4 Å². The monoisotopic (exact) mass is 297 g/mol. The fourth-order valence-corrected chi connectivity index (χ4v) is 1.60. The minimum atomic E-state index is -0.325. The lowest BCUT2D eigenvalue weighted by Crippen LogP contribution is -2.10. The maximum Gasteiger partial charge on any atom is 0.338 e. The predicted octanol–water partition coefficient (Wildman–Crippen LogP) is 1.48. The van der Waals surface area contributed by atoms with E-state index in [1.807, 2.05) is 0 Å². The van der Waals surface area contributed by atoms with Crippen LogP contribution in [0.5, 0.6) is 0 Å². The van der Waals surface area contributed by atoms with Crippen LogP contribution in [-0.2, 0) is 25.4 Å². The quantitative estimate of drug-likeness (QED) is 0.455. The van der Waals surface area contributed by atoms with Crippen molar-refractivity contribution in [2.75, 3.05) is 46.8 Å². The van der Waals surface area contributed by atoms with Crippen LogP contribution in [0.3, 0.4) is 0 Å². The number of hydrogen-bond donors (Lipinski definition) is 0. The molecule has 1 rings (SSSR count). The minimum Gasteiger partial charge on any atom is -0.462 e. The second-order valence-corrected chi connectivity index (χ2v) is 4.22. The average Bonchev–Trinajstić information content (AvgIpc) is 2.50. The summed E-state index contributed by atoms with van der Waals surface area (Å²) >= 11 is 0. The first-order valence-electron chi connectivity index (χ1n) is 7.04. The molecule has 0 aliphatic heterocycles. The smallest absolute Gasteiger partial charge is 0.338 e. The highest BCUT2D eigenvalue weighted by Gasteiger charge is 2.07. The Kier molecular flexibility index (Phi) is 9.35. The Morgan fingerprint density at radius 1 is 1.14 bits per heavy atom. The van der Waals surface area contributed by atoms with Gasteiger partial charge in [0.1, 0.15) is 0 Å². The molecule has 6 nitrogen and oxygen atoms in total. The molecule has 0 N–H and O–H groups in total. The molecule has 0 bridgehead atoms. The van der Waals surface area contributed by atoms with Crippen molar-refractivity contribution in [2.45, 2.75) is 13.3 Å². The summed E-state index contributed by atoms with van der Waals surface area (Å²) < 4.78 is 20.5. The van der Waals surface area contributed by atoms with Crippen molar-refractivity contribution < 1.29 is 23.7 Å². The lowest BCUT2D eigenvalue weighted by Gasteiger charge is -2.06. The van der Waals surface area contributed by atoms with Gasteiger partial charge in [0.2, 0.25) is 0 Å². The van der Waals surface area contributed by atoms with Gasteiger partial charge in [-0.1, -0.05) is 0 Å². The zero-order valence-electron chi connectivity index (χ0n) is 12.7. The second-order valence-electron chi connectivity index (χ2n) is 4.22. The third kappa shape index (κ3) is 7.75. The first-order valence-corrected chi connectivity index (χ1v) is 7.04. The largest absolute Gasteiger partial charge is 0.462 e. The van der Waals surface area contributed by atoms with Gasteiger partial charge in [-0.2, -0.15) is 0 Å². The van der Waals surface area contributed by atoms with Crippen LogP contribution in [0.15, 0.2) is 18.3 Å². The van der Waals surface area contributed by atoms with Crippen LogP contribution < -0.4 is 0 Å². The van der Waals surface area contributed by atoms with E-state index in [1.165, 1.54) is 0 Å². The highest BCUT2D eigenvalue weighted by Crippen LogP contribution is 2.05. The molecule has 21 heavy (non-hydrogen) atoms. The first kappa shape index (κ1) is 17.6. The van der Waals surface area contributed by atoms with Gasteiger partial charge in [-0.25, -0.2) is 4.79 Å². The molecule has 0 saturated heterocycles.